The molecule has 1 heterocycles. The topological polar surface area (TPSA) is 92.4 Å². The molecular formula is C29H28ClF3N2O4S. The highest BCUT2D eigenvalue weighted by atomic mass is 35.5. The van der Waals surface area contributed by atoms with Gasteiger partial charge in [0.2, 0.25) is 0 Å². The van der Waals surface area contributed by atoms with Crippen molar-refractivity contribution in [1.29, 1.82) is 0 Å². The first-order chi connectivity index (χ1) is 18.5. The Balaban J connectivity index is 1.92. The van der Waals surface area contributed by atoms with E-state index in [0.29, 0.717) is 0 Å². The fourth-order valence-electron chi connectivity index (χ4n) is 4.65. The molecule has 0 radical (unpaired) electrons. The molecule has 212 valence electrons. The van der Waals surface area contributed by atoms with Crippen molar-refractivity contribution in [3.63, 3.8) is 0 Å². The smallest absolute Gasteiger partial charge is 0.176 e. The van der Waals surface area contributed by atoms with Crippen LogP contribution in [0.25, 0.3) is 16.8 Å². The van der Waals surface area contributed by atoms with E-state index in [1.165, 1.54) is 61.0 Å². The first kappa shape index (κ1) is 29.8. The molecule has 0 saturated carbocycles. The molecule has 0 saturated heterocycles. The molecule has 6 nitrogen and oxygen atoms in total. The second-order valence-electron chi connectivity index (χ2n) is 10.6. The zero-order valence-electron chi connectivity index (χ0n) is 22.4. The number of sulfone groups is 1. The molecular weight excluding hydrogens is 565 g/mol. The standard InChI is InChI=1S/C29H28ClF3N2O4S/c1-28(2,26-19(30)7-6-8-20(26)31)27-34-25(29(3,4)37)14-35(27)23-10-9-16(11-22(23)33)17-12-21(32)18(15-36)24(13-17)40(5,38)39/h6-14,36-37H,15H2,1-5H3. The molecule has 1 aromatic heterocycles. The fraction of sp³-hybridized carbons (Fsp3) is 0.276. The van der Waals surface area contributed by atoms with Crippen LogP contribution in [0.5, 0.6) is 0 Å². The van der Waals surface area contributed by atoms with Crippen LogP contribution < -0.4 is 0 Å². The van der Waals surface area contributed by atoms with Crippen molar-refractivity contribution in [2.45, 2.75) is 50.2 Å². The fourth-order valence-corrected chi connectivity index (χ4v) is 6.00. The van der Waals surface area contributed by atoms with Gasteiger partial charge in [-0.1, -0.05) is 23.7 Å². The summed E-state index contributed by atoms with van der Waals surface area (Å²) in [5, 5.41) is 20.3. The summed E-state index contributed by atoms with van der Waals surface area (Å²) >= 11 is 6.37. The number of hydrogen-bond donors (Lipinski definition) is 2. The quantitative estimate of drug-likeness (QED) is 0.272. The molecule has 0 unspecified atom stereocenters. The molecule has 0 aliphatic heterocycles. The van der Waals surface area contributed by atoms with E-state index in [2.05, 4.69) is 4.98 Å². The van der Waals surface area contributed by atoms with Crippen molar-refractivity contribution >= 4 is 21.4 Å². The lowest BCUT2D eigenvalue weighted by Crippen LogP contribution is -2.26. The lowest BCUT2D eigenvalue weighted by atomic mass is 9.83. The highest BCUT2D eigenvalue weighted by molar-refractivity contribution is 7.90. The van der Waals surface area contributed by atoms with Gasteiger partial charge < -0.3 is 10.2 Å². The van der Waals surface area contributed by atoms with Gasteiger partial charge in [0.05, 0.1) is 28.3 Å². The van der Waals surface area contributed by atoms with Crippen molar-refractivity contribution in [3.8, 4) is 16.8 Å². The average Bonchev–Trinajstić information content (AvgIpc) is 3.29. The van der Waals surface area contributed by atoms with Gasteiger partial charge in [-0.15, -0.1) is 0 Å². The highest BCUT2D eigenvalue weighted by Gasteiger charge is 2.36. The third-order valence-corrected chi connectivity index (χ3v) is 8.21. The van der Waals surface area contributed by atoms with Gasteiger partial charge in [-0.3, -0.25) is 4.57 Å². The Morgan fingerprint density at radius 3 is 2.15 bits per heavy atom. The van der Waals surface area contributed by atoms with Crippen LogP contribution in [0, 0.1) is 17.5 Å². The number of benzene rings is 3. The predicted octanol–water partition coefficient (Wildman–Crippen LogP) is 6.06. The summed E-state index contributed by atoms with van der Waals surface area (Å²) in [6.07, 6.45) is 2.33. The van der Waals surface area contributed by atoms with Crippen LogP contribution in [0.1, 0.15) is 50.3 Å². The maximum Gasteiger partial charge on any atom is 0.176 e. The van der Waals surface area contributed by atoms with Gasteiger partial charge in [-0.25, -0.2) is 26.6 Å². The zero-order valence-corrected chi connectivity index (χ0v) is 24.0. The molecule has 0 aliphatic carbocycles. The number of imidazole rings is 1. The van der Waals surface area contributed by atoms with E-state index in [-0.39, 0.29) is 44.5 Å². The Bertz CT molecular complexity index is 1710. The van der Waals surface area contributed by atoms with Gasteiger partial charge in [0.1, 0.15) is 28.9 Å². The molecule has 4 rings (SSSR count). The second kappa shape index (κ2) is 10.3. The van der Waals surface area contributed by atoms with E-state index in [1.807, 2.05) is 0 Å². The normalized spacial score (nSPS) is 12.7. The zero-order chi connectivity index (χ0) is 29.8. The summed E-state index contributed by atoms with van der Waals surface area (Å²) in [6.45, 7) is 5.55. The first-order valence-corrected chi connectivity index (χ1v) is 14.4. The third kappa shape index (κ3) is 5.41. The monoisotopic (exact) mass is 592 g/mol. The Labute approximate surface area is 235 Å². The van der Waals surface area contributed by atoms with Crippen LogP contribution in [0.15, 0.2) is 59.6 Å². The lowest BCUT2D eigenvalue weighted by Gasteiger charge is -2.27. The molecule has 0 spiro atoms. The van der Waals surface area contributed by atoms with E-state index in [0.717, 1.165) is 18.4 Å². The molecule has 11 heteroatoms. The Morgan fingerprint density at radius 1 is 0.950 bits per heavy atom. The number of aromatic nitrogens is 2. The van der Waals surface area contributed by atoms with Gasteiger partial charge >= 0.3 is 0 Å². The lowest BCUT2D eigenvalue weighted by molar-refractivity contribution is 0.0740. The first-order valence-electron chi connectivity index (χ1n) is 12.2. The number of halogens is 4. The number of aliphatic hydroxyl groups excluding tert-OH is 1. The van der Waals surface area contributed by atoms with E-state index < -0.39 is 49.8 Å². The maximum atomic E-state index is 15.8. The van der Waals surface area contributed by atoms with Crippen molar-refractivity contribution in [1.82, 2.24) is 9.55 Å². The van der Waals surface area contributed by atoms with Crippen LogP contribution in [0.3, 0.4) is 0 Å². The molecule has 0 atom stereocenters. The molecule has 0 amide bonds. The van der Waals surface area contributed by atoms with Crippen LogP contribution in [0.2, 0.25) is 5.02 Å². The summed E-state index contributed by atoms with van der Waals surface area (Å²) in [5.74, 6) is -2.11. The van der Waals surface area contributed by atoms with Crippen molar-refractivity contribution in [2.75, 3.05) is 6.26 Å². The van der Waals surface area contributed by atoms with E-state index in [1.54, 1.807) is 13.8 Å². The van der Waals surface area contributed by atoms with Crippen LogP contribution >= 0.6 is 11.6 Å². The van der Waals surface area contributed by atoms with E-state index in [4.69, 9.17) is 11.6 Å². The molecule has 40 heavy (non-hydrogen) atoms. The Hall–Kier alpha value is -3.18. The molecule has 0 bridgehead atoms. The number of rotatable bonds is 7. The summed E-state index contributed by atoms with van der Waals surface area (Å²) < 4.78 is 71.3. The maximum absolute atomic E-state index is 15.8. The van der Waals surface area contributed by atoms with E-state index in [9.17, 15) is 27.4 Å². The minimum Gasteiger partial charge on any atom is -0.392 e. The SMILES string of the molecule is CC(C)(O)c1cn(-c2ccc(-c3cc(F)c(CO)c(S(C)(=O)=O)c3)cc2F)c(C(C)(C)c2c(F)cccc2Cl)n1. The minimum atomic E-state index is -3.90. The van der Waals surface area contributed by atoms with Gasteiger partial charge in [0.15, 0.2) is 9.84 Å². The molecule has 0 aliphatic rings. The molecule has 0 fully saturated rings. The average molecular weight is 593 g/mol. The summed E-state index contributed by atoms with van der Waals surface area (Å²) in [5.41, 5.74) is -2.39. The number of aliphatic hydroxyl groups is 2. The predicted molar refractivity (Wildman–Crippen MR) is 147 cm³/mol. The minimum absolute atomic E-state index is 0.00178. The van der Waals surface area contributed by atoms with E-state index >= 15 is 4.39 Å². The molecule has 2 N–H and O–H groups in total. The second-order valence-corrected chi connectivity index (χ2v) is 13.0. The summed E-state index contributed by atoms with van der Waals surface area (Å²) in [6, 6.07) is 10.4. The number of nitrogens with zero attached hydrogens (tertiary/aromatic N) is 2. The van der Waals surface area contributed by atoms with Gasteiger partial charge in [0, 0.05) is 28.6 Å². The Morgan fingerprint density at radius 2 is 1.60 bits per heavy atom. The third-order valence-electron chi connectivity index (χ3n) is 6.73. The Kier molecular flexibility index (Phi) is 7.70. The summed E-state index contributed by atoms with van der Waals surface area (Å²) in [4.78, 5) is 4.16. The van der Waals surface area contributed by atoms with Crippen molar-refractivity contribution in [2.24, 2.45) is 0 Å². The number of hydrogen-bond acceptors (Lipinski definition) is 5. The van der Waals surface area contributed by atoms with Crippen molar-refractivity contribution < 1.29 is 31.8 Å². The molecule has 4 aromatic rings. The largest absolute Gasteiger partial charge is 0.392 e. The van der Waals surface area contributed by atoms with Crippen molar-refractivity contribution in [3.05, 3.63) is 99.8 Å². The highest BCUT2D eigenvalue weighted by Crippen LogP contribution is 2.40. The van der Waals surface area contributed by atoms with Gasteiger partial charge in [-0.05, 0) is 75.2 Å². The van der Waals surface area contributed by atoms with Crippen LogP contribution in [0.4, 0.5) is 13.2 Å². The summed E-state index contributed by atoms with van der Waals surface area (Å²) in [7, 11) is -3.90. The molecule has 3 aromatic carbocycles. The van der Waals surface area contributed by atoms with Crippen LogP contribution in [-0.4, -0.2) is 34.4 Å². The van der Waals surface area contributed by atoms with Crippen LogP contribution in [-0.2, 0) is 27.5 Å². The van der Waals surface area contributed by atoms with Gasteiger partial charge in [0.25, 0.3) is 0 Å². The van der Waals surface area contributed by atoms with Gasteiger partial charge in [-0.2, -0.15) is 0 Å².